The number of benzene rings is 1. The molecule has 2 heterocycles. The van der Waals surface area contributed by atoms with Gasteiger partial charge < -0.3 is 30.2 Å². The predicted molar refractivity (Wildman–Crippen MR) is 122 cm³/mol. The number of fused-ring (bicyclic) bond motifs is 1. The minimum Gasteiger partial charge on any atom is -0.467 e. The van der Waals surface area contributed by atoms with Gasteiger partial charge in [-0.2, -0.15) is 0 Å². The lowest BCUT2D eigenvalue weighted by Gasteiger charge is -2.40. The minimum atomic E-state index is -0.954. The van der Waals surface area contributed by atoms with Crippen molar-refractivity contribution in [2.45, 2.75) is 45.3 Å². The first-order chi connectivity index (χ1) is 15.7. The summed E-state index contributed by atoms with van der Waals surface area (Å²) in [6.07, 6.45) is 2.01. The van der Waals surface area contributed by atoms with E-state index in [9.17, 15) is 19.2 Å². The number of ether oxygens (including phenoxy) is 1. The van der Waals surface area contributed by atoms with Crippen LogP contribution in [0.4, 0.5) is 4.79 Å². The summed E-state index contributed by atoms with van der Waals surface area (Å²) in [6, 6.07) is 5.27. The van der Waals surface area contributed by atoms with E-state index in [4.69, 9.17) is 4.74 Å². The van der Waals surface area contributed by atoms with E-state index in [1.165, 1.54) is 23.8 Å². The molecule has 178 valence electrons. The largest absolute Gasteiger partial charge is 0.467 e. The Hall–Kier alpha value is -3.56. The van der Waals surface area contributed by atoms with Crippen molar-refractivity contribution in [2.24, 2.45) is 0 Å². The maximum Gasteiger partial charge on any atom is 0.328 e. The number of carbonyl (C=O) groups excluding carboxylic acids is 4. The molecule has 10 heteroatoms. The van der Waals surface area contributed by atoms with Crippen LogP contribution < -0.4 is 10.6 Å². The molecule has 1 aliphatic rings. The third-order valence-electron chi connectivity index (χ3n) is 5.70. The van der Waals surface area contributed by atoms with E-state index in [0.717, 1.165) is 16.5 Å². The van der Waals surface area contributed by atoms with Crippen LogP contribution in [0.2, 0.25) is 0 Å². The molecule has 4 amide bonds. The highest BCUT2D eigenvalue weighted by atomic mass is 16.5. The second-order valence-corrected chi connectivity index (χ2v) is 8.43. The van der Waals surface area contributed by atoms with Crippen LogP contribution in [0.1, 0.15) is 26.3 Å². The Balaban J connectivity index is 1.82. The van der Waals surface area contributed by atoms with Crippen LogP contribution in [0.3, 0.4) is 0 Å². The Bertz CT molecular complexity index is 1030. The number of methoxy groups -OCH3 is 1. The van der Waals surface area contributed by atoms with E-state index < -0.39 is 24.0 Å². The molecule has 1 fully saturated rings. The normalized spacial score (nSPS) is 17.1. The summed E-state index contributed by atoms with van der Waals surface area (Å²) in [5, 5.41) is 6.49. The van der Waals surface area contributed by atoms with Crippen LogP contribution >= 0.6 is 0 Å². The first-order valence-electron chi connectivity index (χ1n) is 11.0. The summed E-state index contributed by atoms with van der Waals surface area (Å²) in [4.78, 5) is 56.6. The monoisotopic (exact) mass is 457 g/mol. The van der Waals surface area contributed by atoms with Crippen LogP contribution in [0.5, 0.6) is 0 Å². The molecule has 2 aromatic rings. The van der Waals surface area contributed by atoms with E-state index in [1.54, 1.807) is 6.20 Å². The Labute approximate surface area is 192 Å². The molecule has 2 atom stereocenters. The zero-order chi connectivity index (χ0) is 24.1. The third kappa shape index (κ3) is 5.63. The van der Waals surface area contributed by atoms with Crippen molar-refractivity contribution in [1.29, 1.82) is 0 Å². The topological polar surface area (TPSA) is 124 Å². The van der Waals surface area contributed by atoms with Gasteiger partial charge in [0.05, 0.1) is 13.7 Å². The van der Waals surface area contributed by atoms with Crippen molar-refractivity contribution in [3.8, 4) is 0 Å². The van der Waals surface area contributed by atoms with Crippen LogP contribution in [0.25, 0.3) is 10.9 Å². The Morgan fingerprint density at radius 2 is 1.88 bits per heavy atom. The van der Waals surface area contributed by atoms with Gasteiger partial charge in [-0.05, 0) is 25.5 Å². The number of nitrogens with one attached hydrogen (secondary N) is 3. The number of aromatic nitrogens is 1. The number of hydrogen-bond acceptors (Lipinski definition) is 5. The van der Waals surface area contributed by atoms with E-state index >= 15 is 0 Å². The van der Waals surface area contributed by atoms with Gasteiger partial charge in [-0.25, -0.2) is 9.59 Å². The van der Waals surface area contributed by atoms with E-state index in [2.05, 4.69) is 15.6 Å². The minimum absolute atomic E-state index is 0.0493. The molecule has 0 bridgehead atoms. The first kappa shape index (κ1) is 24.1. The van der Waals surface area contributed by atoms with Gasteiger partial charge in [0.1, 0.15) is 12.1 Å². The molecule has 0 saturated carbocycles. The van der Waals surface area contributed by atoms with Gasteiger partial charge in [0.15, 0.2) is 0 Å². The molecular formula is C23H31N5O5. The van der Waals surface area contributed by atoms with Gasteiger partial charge in [-0.1, -0.05) is 18.2 Å². The standard InChI is InChI=1S/C23H31N5O5/c1-14(2)25-23(32)28-10-9-27(15(3)29)13-20(28)21(30)26-19(22(31)33-4)11-16-12-24-18-8-6-5-7-17(16)18/h5-8,12,14,19-20,24H,9-11,13H2,1-4H3,(H,25,32)(H,26,30). The zero-order valence-electron chi connectivity index (χ0n) is 19.4. The summed E-state index contributed by atoms with van der Waals surface area (Å²) in [5.41, 5.74) is 1.77. The number of nitrogens with zero attached hydrogens (tertiary/aromatic N) is 2. The first-order valence-corrected chi connectivity index (χ1v) is 11.0. The van der Waals surface area contributed by atoms with Gasteiger partial charge in [0.2, 0.25) is 11.8 Å². The zero-order valence-corrected chi connectivity index (χ0v) is 19.4. The molecule has 1 aromatic carbocycles. The van der Waals surface area contributed by atoms with Gasteiger partial charge in [-0.3, -0.25) is 9.59 Å². The van der Waals surface area contributed by atoms with Gasteiger partial charge in [-0.15, -0.1) is 0 Å². The summed E-state index contributed by atoms with van der Waals surface area (Å²) in [7, 11) is 1.26. The number of urea groups is 1. The number of piperazine rings is 1. The fourth-order valence-corrected chi connectivity index (χ4v) is 3.99. The van der Waals surface area contributed by atoms with E-state index in [1.807, 2.05) is 38.1 Å². The lowest BCUT2D eigenvalue weighted by Crippen LogP contribution is -2.64. The van der Waals surface area contributed by atoms with Crippen LogP contribution in [-0.2, 0) is 25.5 Å². The average Bonchev–Trinajstić information content (AvgIpc) is 3.19. The van der Waals surface area contributed by atoms with E-state index in [-0.39, 0.29) is 37.5 Å². The quantitative estimate of drug-likeness (QED) is 0.559. The molecule has 3 N–H and O–H groups in total. The Morgan fingerprint density at radius 3 is 2.55 bits per heavy atom. The summed E-state index contributed by atoms with van der Waals surface area (Å²) in [6.45, 7) is 5.67. The van der Waals surface area contributed by atoms with Crippen molar-refractivity contribution in [2.75, 3.05) is 26.7 Å². The number of para-hydroxylation sites is 1. The number of hydrogen-bond donors (Lipinski definition) is 3. The maximum absolute atomic E-state index is 13.3. The summed E-state index contributed by atoms with van der Waals surface area (Å²) >= 11 is 0. The van der Waals surface area contributed by atoms with Crippen molar-refractivity contribution >= 4 is 34.7 Å². The molecule has 0 radical (unpaired) electrons. The smallest absolute Gasteiger partial charge is 0.328 e. The highest BCUT2D eigenvalue weighted by molar-refractivity contribution is 5.92. The van der Waals surface area contributed by atoms with Gasteiger partial charge >= 0.3 is 12.0 Å². The molecular weight excluding hydrogens is 426 g/mol. The average molecular weight is 458 g/mol. The molecule has 2 unspecified atom stereocenters. The van der Waals surface area contributed by atoms with Crippen molar-refractivity contribution in [1.82, 2.24) is 25.4 Å². The highest BCUT2D eigenvalue weighted by Crippen LogP contribution is 2.20. The van der Waals surface area contributed by atoms with E-state index in [0.29, 0.717) is 6.54 Å². The Kier molecular flexibility index (Phi) is 7.57. The number of amides is 4. The number of esters is 1. The second kappa shape index (κ2) is 10.4. The lowest BCUT2D eigenvalue weighted by molar-refractivity contribution is -0.146. The fourth-order valence-electron chi connectivity index (χ4n) is 3.99. The van der Waals surface area contributed by atoms with Crippen molar-refractivity contribution in [3.63, 3.8) is 0 Å². The van der Waals surface area contributed by atoms with Crippen LogP contribution in [0, 0.1) is 0 Å². The van der Waals surface area contributed by atoms with Crippen molar-refractivity contribution in [3.05, 3.63) is 36.0 Å². The number of aromatic amines is 1. The van der Waals surface area contributed by atoms with Crippen LogP contribution in [0.15, 0.2) is 30.5 Å². The summed E-state index contributed by atoms with van der Waals surface area (Å²) < 4.78 is 4.93. The maximum atomic E-state index is 13.3. The molecule has 10 nitrogen and oxygen atoms in total. The molecule has 0 spiro atoms. The Morgan fingerprint density at radius 1 is 1.15 bits per heavy atom. The fraction of sp³-hybridized carbons (Fsp3) is 0.478. The molecule has 1 aliphatic heterocycles. The highest BCUT2D eigenvalue weighted by Gasteiger charge is 2.38. The number of H-pyrrole nitrogens is 1. The predicted octanol–water partition coefficient (Wildman–Crippen LogP) is 1.02. The number of carbonyl (C=O) groups is 4. The summed E-state index contributed by atoms with van der Waals surface area (Å²) in [5.74, 6) is -1.29. The SMILES string of the molecule is COC(=O)C(Cc1c[nH]c2ccccc12)NC(=O)C1CN(C(C)=O)CCN1C(=O)NC(C)C. The van der Waals surface area contributed by atoms with Gasteiger partial charge in [0, 0.05) is 49.6 Å². The molecule has 3 rings (SSSR count). The van der Waals surface area contributed by atoms with Crippen molar-refractivity contribution < 1.29 is 23.9 Å². The van der Waals surface area contributed by atoms with Crippen LogP contribution in [-0.4, -0.2) is 83.5 Å². The van der Waals surface area contributed by atoms with Gasteiger partial charge in [0.25, 0.3) is 0 Å². The third-order valence-corrected chi connectivity index (χ3v) is 5.70. The molecule has 1 aromatic heterocycles. The molecule has 1 saturated heterocycles. The number of rotatable bonds is 6. The lowest BCUT2D eigenvalue weighted by atomic mass is 10.0. The molecule has 0 aliphatic carbocycles. The second-order valence-electron chi connectivity index (χ2n) is 8.43. The molecule has 33 heavy (non-hydrogen) atoms.